The Balaban J connectivity index is 1.18. The van der Waals surface area contributed by atoms with Gasteiger partial charge in [0.15, 0.2) is 11.5 Å². The molecule has 1 heterocycles. The fourth-order valence-corrected chi connectivity index (χ4v) is 5.85. The van der Waals surface area contributed by atoms with E-state index in [-0.39, 0.29) is 0 Å². The van der Waals surface area contributed by atoms with Crippen molar-refractivity contribution in [2.75, 3.05) is 9.80 Å². The molecule has 49 heavy (non-hydrogen) atoms. The lowest BCUT2D eigenvalue weighted by atomic mass is 10.0. The van der Waals surface area contributed by atoms with Gasteiger partial charge in [-0.05, 0) is 84.3 Å². The second kappa shape index (κ2) is 14.3. The van der Waals surface area contributed by atoms with Gasteiger partial charge in [0.1, 0.15) is 0 Å². The molecule has 0 atom stereocenters. The van der Waals surface area contributed by atoms with Crippen LogP contribution >= 0.6 is 0 Å². The molecule has 1 aromatic heterocycles. The molecule has 0 amide bonds. The van der Waals surface area contributed by atoms with Crippen LogP contribution in [-0.4, -0.2) is 9.97 Å². The van der Waals surface area contributed by atoms with E-state index in [2.05, 4.69) is 106 Å². The Labute approximate surface area is 287 Å². The molecule has 0 saturated heterocycles. The van der Waals surface area contributed by atoms with E-state index >= 15 is 0 Å². The average Bonchev–Trinajstić information content (AvgIpc) is 3.18. The molecule has 0 aliphatic carbocycles. The second-order valence-corrected chi connectivity index (χ2v) is 11.5. The van der Waals surface area contributed by atoms with Gasteiger partial charge in [-0.2, -0.15) is 0 Å². The van der Waals surface area contributed by atoms with Crippen LogP contribution in [0.1, 0.15) is 12.5 Å². The molecule has 7 rings (SSSR count). The zero-order valence-electron chi connectivity index (χ0n) is 27.1. The lowest BCUT2D eigenvalue weighted by molar-refractivity contribution is 1.14. The highest BCUT2D eigenvalue weighted by molar-refractivity contribution is 5.81. The lowest BCUT2D eigenvalue weighted by Gasteiger charge is -2.26. The summed E-state index contributed by atoms with van der Waals surface area (Å²) in [7, 11) is 0. The number of aromatic nitrogens is 2. The minimum atomic E-state index is 0.619. The molecule has 0 saturated carbocycles. The number of hydrogen-bond acceptors (Lipinski definition) is 4. The summed E-state index contributed by atoms with van der Waals surface area (Å²) >= 11 is 0. The topological polar surface area (TPSA) is 36.6 Å². The normalized spacial score (nSPS) is 10.9. The zero-order valence-corrected chi connectivity index (χ0v) is 27.1. The Morgan fingerprint density at radius 2 is 0.898 bits per heavy atom. The van der Waals surface area contributed by atoms with Crippen molar-refractivity contribution in [3.05, 3.63) is 193 Å². The molecule has 234 valence electrons. The maximum absolute atomic E-state index is 7.38. The molecule has 5 nitrogen and oxygen atoms in total. The molecule has 0 fully saturated rings. The first-order chi connectivity index (χ1) is 24.2. The van der Waals surface area contributed by atoms with E-state index in [1.165, 1.54) is 0 Å². The number of allylic oxidation sites excluding steroid dienone is 1. The molecular weight excluding hydrogens is 599 g/mol. The summed E-state index contributed by atoms with van der Waals surface area (Å²) in [5.41, 5.74) is 11.0. The Bertz CT molecular complexity index is 2190. The standard InChI is InChI=1S/C44H33N5/c1-3-10-33-15-23-39(24-16-33)48(42-29-21-37(45-2)22-30-42)40-25-17-34(18-26-40)35-19-27-41(28-20-35)49(38-13-8-5-9-14-38)43-31-46-44(47-32-43)36-11-6-4-7-12-36/h3-32H,1H3/b10-3+. The number of benzene rings is 6. The maximum Gasteiger partial charge on any atom is 0.187 e. The zero-order chi connectivity index (χ0) is 33.4. The fourth-order valence-electron chi connectivity index (χ4n) is 5.85. The van der Waals surface area contributed by atoms with Crippen LogP contribution in [0.3, 0.4) is 0 Å². The summed E-state index contributed by atoms with van der Waals surface area (Å²) in [6.45, 7) is 9.40. The number of hydrogen-bond donors (Lipinski definition) is 0. The van der Waals surface area contributed by atoms with Gasteiger partial charge in [-0.15, -0.1) is 0 Å². The largest absolute Gasteiger partial charge is 0.311 e. The first-order valence-electron chi connectivity index (χ1n) is 16.1. The Hall–Kier alpha value is -6.77. The van der Waals surface area contributed by atoms with Crippen molar-refractivity contribution in [3.63, 3.8) is 0 Å². The van der Waals surface area contributed by atoms with Crippen LogP contribution in [0.25, 0.3) is 33.4 Å². The molecule has 0 aliphatic heterocycles. The monoisotopic (exact) mass is 631 g/mol. The Morgan fingerprint density at radius 1 is 0.469 bits per heavy atom. The van der Waals surface area contributed by atoms with Crippen molar-refractivity contribution in [3.8, 4) is 22.5 Å². The van der Waals surface area contributed by atoms with Crippen LogP contribution in [0.15, 0.2) is 176 Å². The van der Waals surface area contributed by atoms with Crippen molar-refractivity contribution < 1.29 is 0 Å². The van der Waals surface area contributed by atoms with Gasteiger partial charge in [-0.1, -0.05) is 109 Å². The predicted octanol–water partition coefficient (Wildman–Crippen LogP) is 12.3. The summed E-state index contributed by atoms with van der Waals surface area (Å²) in [5, 5.41) is 0. The number of para-hydroxylation sites is 1. The average molecular weight is 632 g/mol. The third-order valence-electron chi connectivity index (χ3n) is 8.27. The summed E-state index contributed by atoms with van der Waals surface area (Å²) in [6.07, 6.45) is 7.89. The van der Waals surface area contributed by atoms with E-state index in [0.29, 0.717) is 11.5 Å². The van der Waals surface area contributed by atoms with E-state index in [1.807, 2.05) is 98.2 Å². The van der Waals surface area contributed by atoms with Gasteiger partial charge >= 0.3 is 0 Å². The van der Waals surface area contributed by atoms with E-state index in [1.54, 1.807) is 0 Å². The number of rotatable bonds is 9. The van der Waals surface area contributed by atoms with Crippen molar-refractivity contribution >= 4 is 45.9 Å². The summed E-state index contributed by atoms with van der Waals surface area (Å²) in [5.74, 6) is 0.695. The number of anilines is 6. The van der Waals surface area contributed by atoms with Crippen LogP contribution < -0.4 is 9.80 Å². The second-order valence-electron chi connectivity index (χ2n) is 11.5. The molecular formula is C44H33N5. The quantitative estimate of drug-likeness (QED) is 0.149. The fraction of sp³-hybridized carbons (Fsp3) is 0.0227. The predicted molar refractivity (Wildman–Crippen MR) is 203 cm³/mol. The van der Waals surface area contributed by atoms with Gasteiger partial charge in [0.2, 0.25) is 0 Å². The van der Waals surface area contributed by atoms with Crippen molar-refractivity contribution in [2.45, 2.75) is 6.92 Å². The first-order valence-corrected chi connectivity index (χ1v) is 16.1. The Kier molecular flexibility index (Phi) is 9.03. The minimum absolute atomic E-state index is 0.619. The summed E-state index contributed by atoms with van der Waals surface area (Å²) < 4.78 is 0. The van der Waals surface area contributed by atoms with Crippen LogP contribution in [0.2, 0.25) is 0 Å². The van der Waals surface area contributed by atoms with Gasteiger partial charge in [-0.25, -0.2) is 14.8 Å². The highest BCUT2D eigenvalue weighted by Gasteiger charge is 2.16. The van der Waals surface area contributed by atoms with Crippen molar-refractivity contribution in [2.24, 2.45) is 0 Å². The van der Waals surface area contributed by atoms with Gasteiger partial charge in [0, 0.05) is 34.0 Å². The molecule has 0 N–H and O–H groups in total. The first kappa shape index (κ1) is 30.9. The highest BCUT2D eigenvalue weighted by atomic mass is 15.2. The minimum Gasteiger partial charge on any atom is -0.311 e. The van der Waals surface area contributed by atoms with Crippen LogP contribution in [-0.2, 0) is 0 Å². The van der Waals surface area contributed by atoms with E-state index < -0.39 is 0 Å². The van der Waals surface area contributed by atoms with Gasteiger partial charge in [0.05, 0.1) is 24.7 Å². The lowest BCUT2D eigenvalue weighted by Crippen LogP contribution is -2.10. The third kappa shape index (κ3) is 6.85. The molecule has 5 heteroatoms. The molecule has 0 bridgehead atoms. The van der Waals surface area contributed by atoms with Crippen molar-refractivity contribution in [1.29, 1.82) is 0 Å². The maximum atomic E-state index is 7.38. The molecule has 0 radical (unpaired) electrons. The summed E-state index contributed by atoms with van der Waals surface area (Å²) in [6, 6.07) is 53.7. The highest BCUT2D eigenvalue weighted by Crippen LogP contribution is 2.38. The van der Waals surface area contributed by atoms with Crippen LogP contribution in [0, 0.1) is 6.57 Å². The van der Waals surface area contributed by atoms with Gasteiger partial charge < -0.3 is 9.80 Å². The SMILES string of the molecule is [C-]#[N+]c1ccc(N(c2ccc(/C=C/C)cc2)c2ccc(-c3ccc(N(c4ccccc4)c4cnc(-c5ccccc5)nc4)cc3)cc2)cc1. The molecule has 0 aliphatic rings. The summed E-state index contributed by atoms with van der Waals surface area (Å²) in [4.78, 5) is 17.4. The van der Waals surface area contributed by atoms with E-state index in [4.69, 9.17) is 16.5 Å². The van der Waals surface area contributed by atoms with Crippen molar-refractivity contribution in [1.82, 2.24) is 9.97 Å². The van der Waals surface area contributed by atoms with Gasteiger partial charge in [-0.3, -0.25) is 0 Å². The Morgan fingerprint density at radius 3 is 1.39 bits per heavy atom. The molecule has 7 aromatic rings. The van der Waals surface area contributed by atoms with E-state index in [9.17, 15) is 0 Å². The number of nitrogens with zero attached hydrogens (tertiary/aromatic N) is 5. The van der Waals surface area contributed by atoms with Gasteiger partial charge in [0.25, 0.3) is 0 Å². The smallest absolute Gasteiger partial charge is 0.187 e. The molecule has 6 aromatic carbocycles. The van der Waals surface area contributed by atoms with Crippen LogP contribution in [0.5, 0.6) is 0 Å². The van der Waals surface area contributed by atoms with Crippen LogP contribution in [0.4, 0.5) is 39.8 Å². The molecule has 0 spiro atoms. The third-order valence-corrected chi connectivity index (χ3v) is 8.27. The van der Waals surface area contributed by atoms with E-state index in [0.717, 1.165) is 56.4 Å². The molecule has 0 unspecified atom stereocenters.